The summed E-state index contributed by atoms with van der Waals surface area (Å²) in [6.45, 7) is 3.07. The van der Waals surface area contributed by atoms with Gasteiger partial charge in [-0.3, -0.25) is 9.78 Å². The fraction of sp³-hybridized carbons (Fsp3) is 0.346. The van der Waals surface area contributed by atoms with Gasteiger partial charge in [-0.1, -0.05) is 18.2 Å². The van der Waals surface area contributed by atoms with E-state index in [0.29, 0.717) is 22.8 Å². The van der Waals surface area contributed by atoms with Crippen LogP contribution in [-0.2, 0) is 13.0 Å². The fourth-order valence-electron chi connectivity index (χ4n) is 4.09. The minimum Gasteiger partial charge on any atom is -0.484 e. The first-order valence-electron chi connectivity index (χ1n) is 11.2. The third-order valence-corrected chi connectivity index (χ3v) is 6.09. The topological polar surface area (TPSA) is 82.6 Å². The maximum absolute atomic E-state index is 13.0. The number of carbonyl (C=O) groups excluding carboxylic acids is 1. The van der Waals surface area contributed by atoms with Gasteiger partial charge in [0.2, 0.25) is 0 Å². The van der Waals surface area contributed by atoms with Gasteiger partial charge in [0.25, 0.3) is 5.91 Å². The molecule has 3 heterocycles. The van der Waals surface area contributed by atoms with E-state index < -0.39 is 0 Å². The van der Waals surface area contributed by atoms with E-state index in [4.69, 9.17) is 14.4 Å². The van der Waals surface area contributed by atoms with Gasteiger partial charge >= 0.3 is 0 Å². The van der Waals surface area contributed by atoms with E-state index in [9.17, 15) is 4.79 Å². The van der Waals surface area contributed by atoms with E-state index >= 15 is 0 Å². The van der Waals surface area contributed by atoms with Gasteiger partial charge in [-0.25, -0.2) is 0 Å². The number of nitriles is 1. The number of hydrogen-bond donors (Lipinski definition) is 0. The van der Waals surface area contributed by atoms with Crippen LogP contribution in [0.5, 0.6) is 5.75 Å². The van der Waals surface area contributed by atoms with Crippen molar-refractivity contribution in [2.24, 2.45) is 0 Å². The Morgan fingerprint density at radius 2 is 1.97 bits per heavy atom. The summed E-state index contributed by atoms with van der Waals surface area (Å²) >= 11 is 0. The molecule has 0 N–H and O–H groups in total. The van der Waals surface area contributed by atoms with Gasteiger partial charge < -0.3 is 19.0 Å². The number of nitrogens with zero attached hydrogens (tertiary/aromatic N) is 4. The molecule has 2 aromatic heterocycles. The molecule has 0 saturated carbocycles. The van der Waals surface area contributed by atoms with Crippen LogP contribution in [0.25, 0.3) is 0 Å². The standard InChI is InChI=1S/C26H28N4O3/c1-29(22-12-16-30(17-13-22)15-11-21-7-4-5-14-28-21)26(31)25-10-9-23(33-25)19-32-24-8-3-2-6-20(24)18-27/h2-10,14,22H,11-13,15-17,19H2,1H3. The molecule has 0 aliphatic carbocycles. The summed E-state index contributed by atoms with van der Waals surface area (Å²) in [6, 6.07) is 18.8. The van der Waals surface area contributed by atoms with Crippen molar-refractivity contribution in [2.45, 2.75) is 31.9 Å². The fourth-order valence-corrected chi connectivity index (χ4v) is 4.09. The summed E-state index contributed by atoms with van der Waals surface area (Å²) in [7, 11) is 1.85. The van der Waals surface area contributed by atoms with Crippen LogP contribution in [0.15, 0.2) is 65.2 Å². The molecule has 7 heteroatoms. The first-order chi connectivity index (χ1) is 16.1. The monoisotopic (exact) mass is 444 g/mol. The number of furan rings is 1. The minimum absolute atomic E-state index is 0.120. The highest BCUT2D eigenvalue weighted by molar-refractivity contribution is 5.91. The largest absolute Gasteiger partial charge is 0.484 e. The molecular weight excluding hydrogens is 416 g/mol. The Morgan fingerprint density at radius 1 is 1.18 bits per heavy atom. The van der Waals surface area contributed by atoms with Crippen molar-refractivity contribution in [1.82, 2.24) is 14.8 Å². The minimum atomic E-state index is -0.120. The van der Waals surface area contributed by atoms with Crippen LogP contribution in [0.3, 0.4) is 0 Å². The third-order valence-electron chi connectivity index (χ3n) is 6.09. The lowest BCUT2D eigenvalue weighted by atomic mass is 10.0. The van der Waals surface area contributed by atoms with Crippen molar-refractivity contribution in [1.29, 1.82) is 5.26 Å². The highest BCUT2D eigenvalue weighted by atomic mass is 16.5. The second-order valence-electron chi connectivity index (χ2n) is 8.22. The summed E-state index contributed by atoms with van der Waals surface area (Å²) in [5.74, 6) is 1.23. The lowest BCUT2D eigenvalue weighted by Gasteiger charge is -2.36. The molecule has 170 valence electrons. The summed E-state index contributed by atoms with van der Waals surface area (Å²) in [4.78, 5) is 21.6. The quantitative estimate of drug-likeness (QED) is 0.524. The average Bonchev–Trinajstić information content (AvgIpc) is 3.35. The van der Waals surface area contributed by atoms with Gasteiger partial charge in [0, 0.05) is 51.0 Å². The molecule has 4 rings (SSSR count). The van der Waals surface area contributed by atoms with Gasteiger partial charge in [0.15, 0.2) is 5.76 Å². The third kappa shape index (κ3) is 5.79. The molecule has 3 aromatic rings. The Balaban J connectivity index is 1.26. The van der Waals surface area contributed by atoms with E-state index in [0.717, 1.165) is 44.6 Å². The molecule has 1 saturated heterocycles. The zero-order valence-electron chi connectivity index (χ0n) is 18.8. The maximum atomic E-state index is 13.0. The summed E-state index contributed by atoms with van der Waals surface area (Å²) in [5, 5.41) is 9.17. The molecule has 1 aliphatic heterocycles. The van der Waals surface area contributed by atoms with Crippen molar-refractivity contribution < 1.29 is 13.9 Å². The first kappa shape index (κ1) is 22.6. The highest BCUT2D eigenvalue weighted by Gasteiger charge is 2.27. The Kier molecular flexibility index (Phi) is 7.38. The molecule has 33 heavy (non-hydrogen) atoms. The molecule has 0 bridgehead atoms. The molecule has 1 fully saturated rings. The van der Waals surface area contributed by atoms with E-state index in [1.165, 1.54) is 0 Å². The summed E-state index contributed by atoms with van der Waals surface area (Å²) in [6.07, 6.45) is 4.65. The van der Waals surface area contributed by atoms with Crippen molar-refractivity contribution in [3.05, 3.63) is 83.6 Å². The smallest absolute Gasteiger partial charge is 0.289 e. The predicted molar refractivity (Wildman–Crippen MR) is 124 cm³/mol. The zero-order valence-corrected chi connectivity index (χ0v) is 18.8. The molecule has 7 nitrogen and oxygen atoms in total. The number of ether oxygens (including phenoxy) is 1. The van der Waals surface area contributed by atoms with Crippen LogP contribution in [0, 0.1) is 11.3 Å². The van der Waals surface area contributed by atoms with Crippen LogP contribution < -0.4 is 4.74 Å². The van der Waals surface area contributed by atoms with E-state index in [2.05, 4.69) is 22.0 Å². The predicted octanol–water partition coefficient (Wildman–Crippen LogP) is 3.90. The molecule has 1 aromatic carbocycles. The SMILES string of the molecule is CN(C(=O)c1ccc(COc2ccccc2C#N)o1)C1CCN(CCc2ccccn2)CC1. The van der Waals surface area contributed by atoms with Crippen molar-refractivity contribution in [3.8, 4) is 11.8 Å². The number of carbonyl (C=O) groups is 1. The number of para-hydroxylation sites is 1. The summed E-state index contributed by atoms with van der Waals surface area (Å²) in [5.41, 5.74) is 1.58. The second kappa shape index (κ2) is 10.8. The normalized spacial score (nSPS) is 14.5. The number of piperidine rings is 1. The zero-order chi connectivity index (χ0) is 23.0. The van der Waals surface area contributed by atoms with E-state index in [1.54, 1.807) is 35.2 Å². The Bertz CT molecular complexity index is 1100. The van der Waals surface area contributed by atoms with Gasteiger partial charge in [0.1, 0.15) is 24.2 Å². The maximum Gasteiger partial charge on any atom is 0.289 e. The molecule has 0 unspecified atom stereocenters. The summed E-state index contributed by atoms with van der Waals surface area (Å²) < 4.78 is 11.4. The van der Waals surface area contributed by atoms with E-state index in [-0.39, 0.29) is 18.6 Å². The number of amides is 1. The molecular formula is C26H28N4O3. The van der Waals surface area contributed by atoms with Gasteiger partial charge in [-0.2, -0.15) is 5.26 Å². The van der Waals surface area contributed by atoms with Crippen LogP contribution >= 0.6 is 0 Å². The Morgan fingerprint density at radius 3 is 2.73 bits per heavy atom. The number of likely N-dealkylation sites (tertiary alicyclic amines) is 1. The lowest BCUT2D eigenvalue weighted by molar-refractivity contribution is 0.0609. The van der Waals surface area contributed by atoms with Crippen LogP contribution in [0.2, 0.25) is 0 Å². The molecule has 0 radical (unpaired) electrons. The molecule has 1 amide bonds. The van der Waals surface area contributed by atoms with Crippen LogP contribution in [0.1, 0.15) is 40.4 Å². The van der Waals surface area contributed by atoms with Crippen molar-refractivity contribution in [2.75, 3.05) is 26.7 Å². The van der Waals surface area contributed by atoms with E-state index in [1.807, 2.05) is 31.4 Å². The lowest BCUT2D eigenvalue weighted by Crippen LogP contribution is -2.46. The number of benzene rings is 1. The first-order valence-corrected chi connectivity index (χ1v) is 11.2. The second-order valence-corrected chi connectivity index (χ2v) is 8.22. The van der Waals surface area contributed by atoms with Gasteiger partial charge in [0.05, 0.1) is 5.56 Å². The van der Waals surface area contributed by atoms with Crippen LogP contribution in [0.4, 0.5) is 0 Å². The highest BCUT2D eigenvalue weighted by Crippen LogP contribution is 2.21. The average molecular weight is 445 g/mol. The molecule has 0 atom stereocenters. The van der Waals surface area contributed by atoms with Crippen molar-refractivity contribution >= 4 is 5.91 Å². The number of rotatable bonds is 8. The van der Waals surface area contributed by atoms with Crippen molar-refractivity contribution in [3.63, 3.8) is 0 Å². The molecule has 1 aliphatic rings. The van der Waals surface area contributed by atoms with Gasteiger partial charge in [-0.15, -0.1) is 0 Å². The molecule has 0 spiro atoms. The number of hydrogen-bond acceptors (Lipinski definition) is 6. The Hall–Kier alpha value is -3.63. The number of pyridine rings is 1. The van der Waals surface area contributed by atoms with Crippen LogP contribution in [-0.4, -0.2) is 53.4 Å². The van der Waals surface area contributed by atoms with Gasteiger partial charge in [-0.05, 0) is 49.2 Å². The Labute approximate surface area is 194 Å². The number of aromatic nitrogens is 1.